The zero-order valence-corrected chi connectivity index (χ0v) is 17.3. The molecule has 0 aliphatic heterocycles. The van der Waals surface area contributed by atoms with Gasteiger partial charge in [0, 0.05) is 5.56 Å². The van der Waals surface area contributed by atoms with Gasteiger partial charge in [-0.15, -0.1) is 24.0 Å². The van der Waals surface area contributed by atoms with Crippen molar-refractivity contribution in [1.82, 2.24) is 0 Å². The van der Waals surface area contributed by atoms with Crippen molar-refractivity contribution in [2.45, 2.75) is 20.1 Å². The molecule has 3 N–H and O–H groups in total. The first kappa shape index (κ1) is 22.7. The van der Waals surface area contributed by atoms with Crippen molar-refractivity contribution >= 4 is 35.6 Å². The minimum Gasteiger partial charge on any atom is -0.495 e. The van der Waals surface area contributed by atoms with Crippen molar-refractivity contribution in [2.75, 3.05) is 19.0 Å². The number of nitrogens with one attached hydrogen (secondary N) is 1. The lowest BCUT2D eigenvalue weighted by molar-refractivity contribution is -0.0520. The van der Waals surface area contributed by atoms with Crippen molar-refractivity contribution in [1.29, 1.82) is 0 Å². The highest BCUT2D eigenvalue weighted by Crippen LogP contribution is 2.33. The van der Waals surface area contributed by atoms with Crippen molar-refractivity contribution in [3.63, 3.8) is 0 Å². The number of nitrogens with two attached hydrogens (primary N) is 1. The lowest BCUT2D eigenvalue weighted by atomic mass is 10.2. The second-order valence-electron chi connectivity index (χ2n) is 5.08. The van der Waals surface area contributed by atoms with Crippen LogP contribution >= 0.6 is 24.0 Å². The molecule has 0 bridgehead atoms. The minimum absolute atomic E-state index is 0. The maximum Gasteiger partial charge on any atom is 0.387 e. The molecule has 27 heavy (non-hydrogen) atoms. The number of hydrogen-bond acceptors (Lipinski definition) is 4. The van der Waals surface area contributed by atoms with E-state index >= 15 is 0 Å². The lowest BCUT2D eigenvalue weighted by Gasteiger charge is -2.15. The molecule has 0 saturated heterocycles. The van der Waals surface area contributed by atoms with Crippen LogP contribution in [-0.2, 0) is 6.54 Å². The summed E-state index contributed by atoms with van der Waals surface area (Å²) >= 11 is 0. The number of para-hydroxylation sites is 3. The molecule has 0 atom stereocenters. The number of hydrogen-bond donors (Lipinski definition) is 2. The van der Waals surface area contributed by atoms with E-state index in [9.17, 15) is 8.78 Å². The molecule has 0 saturated carbocycles. The maximum absolute atomic E-state index is 12.7. The smallest absolute Gasteiger partial charge is 0.387 e. The highest BCUT2D eigenvalue weighted by molar-refractivity contribution is 14.0. The summed E-state index contributed by atoms with van der Waals surface area (Å²) in [6.07, 6.45) is 0. The van der Waals surface area contributed by atoms with Crippen LogP contribution in [0.4, 0.5) is 14.5 Å². The fraction of sp³-hybridized carbons (Fsp3) is 0.278. The molecule has 0 heterocycles. The number of anilines is 1. The molecular weight excluding hydrogens is 471 g/mol. The predicted octanol–water partition coefficient (Wildman–Crippen LogP) is 4.24. The van der Waals surface area contributed by atoms with Gasteiger partial charge in [-0.25, -0.2) is 4.99 Å². The van der Waals surface area contributed by atoms with Gasteiger partial charge in [-0.05, 0) is 25.1 Å². The van der Waals surface area contributed by atoms with E-state index in [0.29, 0.717) is 23.6 Å². The molecule has 0 spiro atoms. The van der Waals surface area contributed by atoms with E-state index < -0.39 is 6.61 Å². The monoisotopic (exact) mass is 493 g/mol. The van der Waals surface area contributed by atoms with Gasteiger partial charge >= 0.3 is 6.61 Å². The largest absolute Gasteiger partial charge is 0.495 e. The number of methoxy groups -OCH3 is 1. The summed E-state index contributed by atoms with van der Waals surface area (Å²) in [6.45, 7) is -0.851. The molecule has 6 nitrogen and oxygen atoms in total. The Morgan fingerprint density at radius 3 is 2.52 bits per heavy atom. The van der Waals surface area contributed by atoms with Crippen molar-refractivity contribution < 1.29 is 23.0 Å². The Morgan fingerprint density at radius 2 is 1.85 bits per heavy atom. The van der Waals surface area contributed by atoms with E-state index in [0.717, 1.165) is 0 Å². The van der Waals surface area contributed by atoms with Gasteiger partial charge in [0.1, 0.15) is 5.75 Å². The molecule has 0 aliphatic rings. The summed E-state index contributed by atoms with van der Waals surface area (Å²) in [5.74, 6) is 0.903. The van der Waals surface area contributed by atoms with E-state index in [-0.39, 0.29) is 48.0 Å². The molecular formula is C18H22F2IN3O3. The third kappa shape index (κ3) is 6.74. The van der Waals surface area contributed by atoms with Gasteiger partial charge in [-0.2, -0.15) is 8.78 Å². The third-order valence-corrected chi connectivity index (χ3v) is 3.36. The fourth-order valence-corrected chi connectivity index (χ4v) is 2.27. The average Bonchev–Trinajstić information content (AvgIpc) is 2.62. The van der Waals surface area contributed by atoms with Crippen LogP contribution in [-0.4, -0.2) is 26.3 Å². The average molecular weight is 493 g/mol. The standard InChI is InChI=1S/C18H21F2N3O3.HI/c1-3-25-15-10-6-7-12(16(15)26-17(19)20)11-22-18(21)23-13-8-4-5-9-14(13)24-2;/h4-10,17H,3,11H2,1-2H3,(H3,21,22,23);1H. The van der Waals surface area contributed by atoms with Gasteiger partial charge in [0.15, 0.2) is 17.5 Å². The Morgan fingerprint density at radius 1 is 1.15 bits per heavy atom. The summed E-state index contributed by atoms with van der Waals surface area (Å²) in [4.78, 5) is 4.18. The molecule has 2 aromatic carbocycles. The number of benzene rings is 2. The number of alkyl halides is 2. The van der Waals surface area contributed by atoms with E-state index in [1.54, 1.807) is 44.4 Å². The summed E-state index contributed by atoms with van der Waals surface area (Å²) in [7, 11) is 1.54. The van der Waals surface area contributed by atoms with Crippen LogP contribution in [0.2, 0.25) is 0 Å². The quantitative estimate of drug-likeness (QED) is 0.327. The van der Waals surface area contributed by atoms with Crippen LogP contribution in [0.25, 0.3) is 0 Å². The number of guanidine groups is 1. The van der Waals surface area contributed by atoms with Gasteiger partial charge in [-0.1, -0.05) is 24.3 Å². The van der Waals surface area contributed by atoms with Crippen LogP contribution < -0.4 is 25.3 Å². The number of aliphatic imine (C=N–C) groups is 1. The number of rotatable bonds is 8. The Hall–Kier alpha value is -2.30. The Balaban J connectivity index is 0.00000364. The predicted molar refractivity (Wildman–Crippen MR) is 112 cm³/mol. The number of nitrogens with zero attached hydrogens (tertiary/aromatic N) is 1. The first-order valence-electron chi connectivity index (χ1n) is 7.94. The summed E-state index contributed by atoms with van der Waals surface area (Å²) in [5, 5.41) is 2.91. The van der Waals surface area contributed by atoms with Crippen LogP contribution in [0.15, 0.2) is 47.5 Å². The molecule has 0 fully saturated rings. The molecule has 0 amide bonds. The molecule has 9 heteroatoms. The summed E-state index contributed by atoms with van der Waals surface area (Å²) in [5.41, 5.74) is 6.96. The van der Waals surface area contributed by atoms with Gasteiger partial charge in [0.05, 0.1) is 25.9 Å². The van der Waals surface area contributed by atoms with Crippen LogP contribution in [0.1, 0.15) is 12.5 Å². The van der Waals surface area contributed by atoms with Crippen LogP contribution in [0, 0.1) is 0 Å². The second kappa shape index (κ2) is 11.4. The van der Waals surface area contributed by atoms with Gasteiger partial charge < -0.3 is 25.3 Å². The fourth-order valence-electron chi connectivity index (χ4n) is 2.27. The molecule has 0 unspecified atom stereocenters. The van der Waals surface area contributed by atoms with Crippen LogP contribution in [0.5, 0.6) is 17.2 Å². The van der Waals surface area contributed by atoms with E-state index in [2.05, 4.69) is 15.0 Å². The van der Waals surface area contributed by atoms with Gasteiger partial charge in [0.25, 0.3) is 0 Å². The molecule has 0 aliphatic carbocycles. The first-order valence-corrected chi connectivity index (χ1v) is 7.94. The summed E-state index contributed by atoms with van der Waals surface area (Å²) in [6, 6.07) is 12.1. The zero-order chi connectivity index (χ0) is 18.9. The van der Waals surface area contributed by atoms with Crippen molar-refractivity contribution in [3.05, 3.63) is 48.0 Å². The normalized spacial score (nSPS) is 10.9. The highest BCUT2D eigenvalue weighted by Gasteiger charge is 2.15. The van der Waals surface area contributed by atoms with E-state index in [1.165, 1.54) is 0 Å². The van der Waals surface area contributed by atoms with Crippen molar-refractivity contribution in [2.24, 2.45) is 10.7 Å². The third-order valence-electron chi connectivity index (χ3n) is 3.36. The second-order valence-corrected chi connectivity index (χ2v) is 5.08. The maximum atomic E-state index is 12.7. The SMILES string of the molecule is CCOc1cccc(CN=C(N)Nc2ccccc2OC)c1OC(F)F.I. The number of ether oxygens (including phenoxy) is 3. The zero-order valence-electron chi connectivity index (χ0n) is 14.9. The molecule has 2 rings (SSSR count). The lowest BCUT2D eigenvalue weighted by Crippen LogP contribution is -2.23. The minimum atomic E-state index is -2.97. The van der Waals surface area contributed by atoms with E-state index in [1.807, 2.05) is 12.1 Å². The Bertz CT molecular complexity index is 760. The van der Waals surface area contributed by atoms with Gasteiger partial charge in [0.2, 0.25) is 0 Å². The first-order chi connectivity index (χ1) is 12.5. The van der Waals surface area contributed by atoms with Crippen molar-refractivity contribution in [3.8, 4) is 17.2 Å². The molecule has 148 valence electrons. The molecule has 2 aromatic rings. The van der Waals surface area contributed by atoms with Crippen LogP contribution in [0.3, 0.4) is 0 Å². The topological polar surface area (TPSA) is 78.1 Å². The molecule has 0 aromatic heterocycles. The highest BCUT2D eigenvalue weighted by atomic mass is 127. The number of halogens is 3. The molecule has 0 radical (unpaired) electrons. The van der Waals surface area contributed by atoms with E-state index in [4.69, 9.17) is 15.2 Å². The van der Waals surface area contributed by atoms with Gasteiger partial charge in [-0.3, -0.25) is 0 Å². The Labute approximate surface area is 173 Å². The Kier molecular flexibility index (Phi) is 9.62. The summed E-state index contributed by atoms with van der Waals surface area (Å²) < 4.78 is 40.6.